The predicted molar refractivity (Wildman–Crippen MR) is 100 cm³/mol. The lowest BCUT2D eigenvalue weighted by Crippen LogP contribution is -2.58. The molecular formula is C21H30F2N2O2. The Morgan fingerprint density at radius 2 is 1.89 bits per heavy atom. The molecule has 1 aliphatic heterocycles. The first-order valence-electron chi connectivity index (χ1n) is 10.00. The van der Waals surface area contributed by atoms with E-state index in [0.717, 1.165) is 44.2 Å². The highest BCUT2D eigenvalue weighted by Crippen LogP contribution is 2.39. The molecule has 150 valence electrons. The van der Waals surface area contributed by atoms with Gasteiger partial charge < -0.3 is 15.8 Å². The average Bonchev–Trinajstić information content (AvgIpc) is 2.68. The van der Waals surface area contributed by atoms with E-state index in [1.165, 1.54) is 6.07 Å². The van der Waals surface area contributed by atoms with Gasteiger partial charge in [-0.15, -0.1) is 0 Å². The Morgan fingerprint density at radius 3 is 2.52 bits per heavy atom. The molecule has 1 aromatic carbocycles. The number of ether oxygens (including phenoxy) is 1. The molecule has 0 radical (unpaired) electrons. The molecule has 1 aromatic rings. The Kier molecular flexibility index (Phi) is 6.48. The number of benzene rings is 1. The fourth-order valence-corrected chi connectivity index (χ4v) is 4.62. The summed E-state index contributed by atoms with van der Waals surface area (Å²) in [5, 5.41) is 3.40. The molecule has 1 amide bonds. The van der Waals surface area contributed by atoms with Crippen LogP contribution in [0.3, 0.4) is 0 Å². The minimum absolute atomic E-state index is 0.289. The van der Waals surface area contributed by atoms with E-state index in [1.54, 1.807) is 13.0 Å². The van der Waals surface area contributed by atoms with Crippen molar-refractivity contribution in [1.82, 2.24) is 5.32 Å². The molecule has 0 unspecified atom stereocenters. The first-order valence-corrected chi connectivity index (χ1v) is 10.00. The van der Waals surface area contributed by atoms with E-state index in [1.807, 2.05) is 0 Å². The van der Waals surface area contributed by atoms with Crippen LogP contribution in [0.1, 0.15) is 62.0 Å². The molecule has 1 saturated carbocycles. The Hall–Kier alpha value is -1.53. The summed E-state index contributed by atoms with van der Waals surface area (Å²) in [6.45, 7) is 3.56. The van der Waals surface area contributed by atoms with E-state index >= 15 is 0 Å². The molecule has 2 fully saturated rings. The van der Waals surface area contributed by atoms with E-state index < -0.39 is 17.2 Å². The summed E-state index contributed by atoms with van der Waals surface area (Å²) in [6.07, 6.45) is 6.38. The SMILES string of the molecule is Cc1c(C2CCC(CCNC3(C(N)=O)CCOCC3)CC2)ccc(F)c1F. The summed E-state index contributed by atoms with van der Waals surface area (Å²) in [7, 11) is 0. The van der Waals surface area contributed by atoms with Gasteiger partial charge in [0.05, 0.1) is 0 Å². The van der Waals surface area contributed by atoms with Crippen LogP contribution in [0.2, 0.25) is 0 Å². The zero-order chi connectivity index (χ0) is 19.4. The summed E-state index contributed by atoms with van der Waals surface area (Å²) < 4.78 is 32.5. The Morgan fingerprint density at radius 1 is 1.22 bits per heavy atom. The normalized spacial score (nSPS) is 25.3. The number of amides is 1. The quantitative estimate of drug-likeness (QED) is 0.793. The predicted octanol–water partition coefficient (Wildman–Crippen LogP) is 3.56. The third kappa shape index (κ3) is 4.49. The van der Waals surface area contributed by atoms with Crippen molar-refractivity contribution in [1.29, 1.82) is 0 Å². The second kappa shape index (κ2) is 8.65. The summed E-state index contributed by atoms with van der Waals surface area (Å²) in [5.74, 6) is -0.885. The minimum Gasteiger partial charge on any atom is -0.381 e. The van der Waals surface area contributed by atoms with Crippen LogP contribution in [0.25, 0.3) is 0 Å². The van der Waals surface area contributed by atoms with Gasteiger partial charge in [-0.05, 0) is 87.4 Å². The smallest absolute Gasteiger partial charge is 0.237 e. The number of halogens is 2. The number of primary amides is 1. The number of nitrogens with two attached hydrogens (primary N) is 1. The monoisotopic (exact) mass is 380 g/mol. The van der Waals surface area contributed by atoms with Gasteiger partial charge in [-0.25, -0.2) is 8.78 Å². The average molecular weight is 380 g/mol. The van der Waals surface area contributed by atoms with Crippen LogP contribution in [-0.2, 0) is 9.53 Å². The second-order valence-electron chi connectivity index (χ2n) is 8.07. The van der Waals surface area contributed by atoms with Gasteiger partial charge in [0, 0.05) is 13.2 Å². The maximum absolute atomic E-state index is 13.8. The molecule has 0 aromatic heterocycles. The van der Waals surface area contributed by atoms with Crippen LogP contribution in [0.4, 0.5) is 8.78 Å². The lowest BCUT2D eigenvalue weighted by molar-refractivity contribution is -0.128. The van der Waals surface area contributed by atoms with Crippen molar-refractivity contribution in [3.05, 3.63) is 34.9 Å². The first-order chi connectivity index (χ1) is 12.9. The lowest BCUT2D eigenvalue weighted by Gasteiger charge is -2.36. The van der Waals surface area contributed by atoms with Crippen molar-refractivity contribution < 1.29 is 18.3 Å². The number of carbonyl (C=O) groups excluding carboxylic acids is 1. The van der Waals surface area contributed by atoms with Crippen LogP contribution in [0.5, 0.6) is 0 Å². The molecule has 0 bridgehead atoms. The Balaban J connectivity index is 1.49. The molecular weight excluding hydrogens is 350 g/mol. The Bertz CT molecular complexity index is 666. The van der Waals surface area contributed by atoms with Gasteiger partial charge >= 0.3 is 0 Å². The molecule has 0 atom stereocenters. The topological polar surface area (TPSA) is 64.3 Å². The fraction of sp³-hybridized carbons (Fsp3) is 0.667. The van der Waals surface area contributed by atoms with Gasteiger partial charge in [0.25, 0.3) is 0 Å². The summed E-state index contributed by atoms with van der Waals surface area (Å²) >= 11 is 0. The third-order valence-corrected chi connectivity index (χ3v) is 6.50. The lowest BCUT2D eigenvalue weighted by atomic mass is 9.76. The number of rotatable bonds is 6. The summed E-state index contributed by atoms with van der Waals surface area (Å²) in [6, 6.07) is 2.98. The van der Waals surface area contributed by atoms with Crippen molar-refractivity contribution >= 4 is 5.91 Å². The zero-order valence-corrected chi connectivity index (χ0v) is 16.0. The summed E-state index contributed by atoms with van der Waals surface area (Å²) in [5.41, 5.74) is 6.39. The highest BCUT2D eigenvalue weighted by Gasteiger charge is 2.38. The highest BCUT2D eigenvalue weighted by molar-refractivity contribution is 5.84. The molecule has 0 spiro atoms. The van der Waals surface area contributed by atoms with Gasteiger partial charge in [-0.2, -0.15) is 0 Å². The zero-order valence-electron chi connectivity index (χ0n) is 16.0. The van der Waals surface area contributed by atoms with Crippen molar-refractivity contribution in [3.8, 4) is 0 Å². The van der Waals surface area contributed by atoms with Gasteiger partial charge in [-0.3, -0.25) is 4.79 Å². The van der Waals surface area contributed by atoms with Crippen LogP contribution in [0.15, 0.2) is 12.1 Å². The van der Waals surface area contributed by atoms with E-state index in [0.29, 0.717) is 43.5 Å². The van der Waals surface area contributed by atoms with Gasteiger partial charge in [0.1, 0.15) is 5.54 Å². The molecule has 27 heavy (non-hydrogen) atoms. The van der Waals surface area contributed by atoms with E-state index in [4.69, 9.17) is 10.5 Å². The van der Waals surface area contributed by atoms with Crippen LogP contribution >= 0.6 is 0 Å². The van der Waals surface area contributed by atoms with Crippen LogP contribution in [-0.4, -0.2) is 31.2 Å². The number of hydrogen-bond acceptors (Lipinski definition) is 3. The molecule has 2 aliphatic rings. The van der Waals surface area contributed by atoms with Gasteiger partial charge in [-0.1, -0.05) is 6.07 Å². The van der Waals surface area contributed by atoms with E-state index in [-0.39, 0.29) is 5.91 Å². The number of hydrogen-bond donors (Lipinski definition) is 2. The molecule has 1 aliphatic carbocycles. The van der Waals surface area contributed by atoms with Crippen LogP contribution < -0.4 is 11.1 Å². The first kappa shape index (κ1) is 20.2. The molecule has 3 N–H and O–H groups in total. The molecule has 3 rings (SSSR count). The van der Waals surface area contributed by atoms with Crippen molar-refractivity contribution in [2.75, 3.05) is 19.8 Å². The van der Waals surface area contributed by atoms with Crippen molar-refractivity contribution in [3.63, 3.8) is 0 Å². The molecule has 4 nitrogen and oxygen atoms in total. The number of carbonyl (C=O) groups is 1. The van der Waals surface area contributed by atoms with Crippen LogP contribution in [0, 0.1) is 24.5 Å². The fourth-order valence-electron chi connectivity index (χ4n) is 4.62. The van der Waals surface area contributed by atoms with E-state index in [2.05, 4.69) is 5.32 Å². The molecule has 1 heterocycles. The summed E-state index contributed by atoms with van der Waals surface area (Å²) in [4.78, 5) is 11.9. The standard InChI is InChI=1S/C21H30F2N2O2/c1-14-17(6-7-18(22)19(14)23)16-4-2-15(3-5-16)8-11-25-21(20(24)26)9-12-27-13-10-21/h6-7,15-16,25H,2-5,8-13H2,1H3,(H2,24,26). The second-order valence-corrected chi connectivity index (χ2v) is 8.07. The maximum atomic E-state index is 13.8. The van der Waals surface area contributed by atoms with E-state index in [9.17, 15) is 13.6 Å². The van der Waals surface area contributed by atoms with Gasteiger partial charge in [0.2, 0.25) is 5.91 Å². The molecule has 6 heteroatoms. The van der Waals surface area contributed by atoms with Crippen molar-refractivity contribution in [2.45, 2.75) is 63.3 Å². The largest absolute Gasteiger partial charge is 0.381 e. The van der Waals surface area contributed by atoms with Gasteiger partial charge in [0.15, 0.2) is 11.6 Å². The maximum Gasteiger partial charge on any atom is 0.237 e. The van der Waals surface area contributed by atoms with Crippen molar-refractivity contribution in [2.24, 2.45) is 11.7 Å². The highest BCUT2D eigenvalue weighted by atomic mass is 19.2. The third-order valence-electron chi connectivity index (χ3n) is 6.50. The Labute approximate surface area is 159 Å². The minimum atomic E-state index is -0.771. The number of nitrogens with one attached hydrogen (secondary N) is 1. The molecule has 1 saturated heterocycles.